The van der Waals surface area contributed by atoms with Crippen molar-refractivity contribution < 1.29 is 19.4 Å². The Balaban J connectivity index is 2.27. The van der Waals surface area contributed by atoms with Gasteiger partial charge in [-0.15, -0.1) is 0 Å². The van der Waals surface area contributed by atoms with Crippen molar-refractivity contribution in [1.82, 2.24) is 9.78 Å². The summed E-state index contributed by atoms with van der Waals surface area (Å²) >= 11 is 0. The van der Waals surface area contributed by atoms with Crippen LogP contribution in [0.3, 0.4) is 0 Å². The summed E-state index contributed by atoms with van der Waals surface area (Å²) in [4.78, 5) is 11.6. The van der Waals surface area contributed by atoms with Gasteiger partial charge in [0.25, 0.3) is 0 Å². The van der Waals surface area contributed by atoms with Crippen molar-refractivity contribution in [2.24, 2.45) is 0 Å². The molecule has 0 aliphatic rings. The number of hydrogen-bond acceptors (Lipinski definition) is 4. The number of carbonyl (C=O) groups is 1. The van der Waals surface area contributed by atoms with E-state index in [4.69, 9.17) is 9.47 Å². The molecule has 1 heterocycles. The zero-order valence-electron chi connectivity index (χ0n) is 14.2. The van der Waals surface area contributed by atoms with Crippen molar-refractivity contribution in [2.75, 3.05) is 14.2 Å². The van der Waals surface area contributed by atoms with Gasteiger partial charge in [-0.2, -0.15) is 5.10 Å². The van der Waals surface area contributed by atoms with E-state index in [2.05, 4.69) is 5.10 Å². The number of ether oxygens (including phenoxy) is 2. The highest BCUT2D eigenvalue weighted by Gasteiger charge is 2.22. The van der Waals surface area contributed by atoms with E-state index in [1.54, 1.807) is 25.8 Å². The number of hydrogen-bond donors (Lipinski definition) is 1. The molecule has 0 atom stereocenters. The number of nitrogens with zero attached hydrogens (tertiary/aromatic N) is 2. The highest BCUT2D eigenvalue weighted by atomic mass is 16.5. The molecule has 0 aliphatic heterocycles. The fourth-order valence-electron chi connectivity index (χ4n) is 2.77. The lowest BCUT2D eigenvalue weighted by molar-refractivity contribution is 0.0689. The largest absolute Gasteiger partial charge is 0.497 e. The Labute approximate surface area is 145 Å². The summed E-state index contributed by atoms with van der Waals surface area (Å²) in [7, 11) is 3.17. The van der Waals surface area contributed by atoms with Gasteiger partial charge in [-0.3, -0.25) is 0 Å². The van der Waals surface area contributed by atoms with E-state index < -0.39 is 5.97 Å². The summed E-state index contributed by atoms with van der Waals surface area (Å²) in [5.74, 6) is 0.265. The predicted octanol–water partition coefficient (Wildman–Crippen LogP) is 3.56. The van der Waals surface area contributed by atoms with Crippen molar-refractivity contribution in [1.29, 1.82) is 0 Å². The smallest absolute Gasteiger partial charge is 0.356 e. The van der Waals surface area contributed by atoms with Gasteiger partial charge < -0.3 is 14.6 Å². The van der Waals surface area contributed by atoms with Gasteiger partial charge in [-0.05, 0) is 43.3 Å². The van der Waals surface area contributed by atoms with Crippen molar-refractivity contribution in [3.8, 4) is 28.4 Å². The first kappa shape index (κ1) is 16.6. The Bertz CT molecular complexity index is 914. The number of carboxylic acid groups (broad SMARTS) is 1. The standard InChI is InChI=1S/C19H18N2O4/c1-12-17(19(22)23)20-21(15-6-4-5-7-16(15)25-3)18(12)13-8-10-14(24-2)11-9-13/h4-11H,1-3H3,(H,22,23). The van der Waals surface area contributed by atoms with E-state index in [1.165, 1.54) is 0 Å². The van der Waals surface area contributed by atoms with Gasteiger partial charge in [0.05, 0.1) is 19.9 Å². The number of carboxylic acids is 1. The molecule has 25 heavy (non-hydrogen) atoms. The molecule has 0 radical (unpaired) electrons. The van der Waals surface area contributed by atoms with Crippen LogP contribution in [0.1, 0.15) is 16.1 Å². The van der Waals surface area contributed by atoms with Crippen LogP contribution < -0.4 is 9.47 Å². The van der Waals surface area contributed by atoms with Crippen molar-refractivity contribution in [2.45, 2.75) is 6.92 Å². The molecular weight excluding hydrogens is 320 g/mol. The fraction of sp³-hybridized carbons (Fsp3) is 0.158. The second kappa shape index (κ2) is 6.68. The van der Waals surface area contributed by atoms with E-state index in [1.807, 2.05) is 48.5 Å². The first-order valence-electron chi connectivity index (χ1n) is 7.67. The van der Waals surface area contributed by atoms with Crippen molar-refractivity contribution >= 4 is 5.97 Å². The minimum Gasteiger partial charge on any atom is -0.497 e. The summed E-state index contributed by atoms with van der Waals surface area (Å²) in [5.41, 5.74) is 2.81. The molecule has 0 amide bonds. The van der Waals surface area contributed by atoms with Gasteiger partial charge in [-0.1, -0.05) is 12.1 Å². The van der Waals surface area contributed by atoms with Crippen LogP contribution >= 0.6 is 0 Å². The van der Waals surface area contributed by atoms with E-state index in [0.29, 0.717) is 22.7 Å². The minimum absolute atomic E-state index is 0.0109. The molecule has 0 saturated carbocycles. The van der Waals surface area contributed by atoms with Crippen LogP contribution in [-0.2, 0) is 0 Å². The Hall–Kier alpha value is -3.28. The lowest BCUT2D eigenvalue weighted by atomic mass is 10.1. The molecule has 0 unspecified atom stereocenters. The zero-order chi connectivity index (χ0) is 18.0. The van der Waals surface area contributed by atoms with Gasteiger partial charge in [0, 0.05) is 11.1 Å². The van der Waals surface area contributed by atoms with Crippen LogP contribution in [0.2, 0.25) is 0 Å². The van der Waals surface area contributed by atoms with Gasteiger partial charge >= 0.3 is 5.97 Å². The molecule has 3 aromatic rings. The van der Waals surface area contributed by atoms with Crippen LogP contribution in [0.4, 0.5) is 0 Å². The Morgan fingerprint density at radius 2 is 1.72 bits per heavy atom. The third-order valence-electron chi connectivity index (χ3n) is 4.00. The van der Waals surface area contributed by atoms with E-state index in [-0.39, 0.29) is 5.69 Å². The maximum atomic E-state index is 11.6. The van der Waals surface area contributed by atoms with Gasteiger partial charge in [0.2, 0.25) is 0 Å². The maximum Gasteiger partial charge on any atom is 0.356 e. The highest BCUT2D eigenvalue weighted by Crippen LogP contribution is 2.33. The average Bonchev–Trinajstić information content (AvgIpc) is 2.99. The summed E-state index contributed by atoms with van der Waals surface area (Å²) in [6.45, 7) is 1.75. The molecule has 0 fully saturated rings. The quantitative estimate of drug-likeness (QED) is 0.770. The average molecular weight is 338 g/mol. The highest BCUT2D eigenvalue weighted by molar-refractivity contribution is 5.90. The van der Waals surface area contributed by atoms with Gasteiger partial charge in [-0.25, -0.2) is 9.48 Å². The molecular formula is C19H18N2O4. The molecule has 3 rings (SSSR count). The number of aromatic carboxylic acids is 1. The van der Waals surface area contributed by atoms with Gasteiger partial charge in [0.15, 0.2) is 5.69 Å². The van der Waals surface area contributed by atoms with Crippen molar-refractivity contribution in [3.63, 3.8) is 0 Å². The monoisotopic (exact) mass is 338 g/mol. The second-order valence-corrected chi connectivity index (χ2v) is 5.44. The normalized spacial score (nSPS) is 10.5. The minimum atomic E-state index is -1.07. The van der Waals surface area contributed by atoms with Crippen LogP contribution in [0.25, 0.3) is 16.9 Å². The van der Waals surface area contributed by atoms with E-state index in [0.717, 1.165) is 11.3 Å². The molecule has 1 aromatic heterocycles. The number of para-hydroxylation sites is 2. The molecule has 2 aromatic carbocycles. The topological polar surface area (TPSA) is 73.6 Å². The van der Waals surface area contributed by atoms with Crippen molar-refractivity contribution in [3.05, 3.63) is 59.8 Å². The number of benzene rings is 2. The maximum absolute atomic E-state index is 11.6. The van der Waals surface area contributed by atoms with Crippen LogP contribution in [0.15, 0.2) is 48.5 Å². The van der Waals surface area contributed by atoms with E-state index >= 15 is 0 Å². The Morgan fingerprint density at radius 3 is 2.32 bits per heavy atom. The third kappa shape index (κ3) is 2.94. The lowest BCUT2D eigenvalue weighted by Gasteiger charge is -2.12. The summed E-state index contributed by atoms with van der Waals surface area (Å²) in [5, 5.41) is 13.8. The van der Waals surface area contributed by atoms with Gasteiger partial charge in [0.1, 0.15) is 17.2 Å². The van der Waals surface area contributed by atoms with E-state index in [9.17, 15) is 9.90 Å². The number of methoxy groups -OCH3 is 2. The first-order chi connectivity index (χ1) is 12.1. The second-order valence-electron chi connectivity index (χ2n) is 5.44. The summed E-state index contributed by atoms with van der Waals surface area (Å²) < 4.78 is 12.2. The summed E-state index contributed by atoms with van der Waals surface area (Å²) in [6.07, 6.45) is 0. The zero-order valence-corrected chi connectivity index (χ0v) is 14.2. The molecule has 0 aliphatic carbocycles. The number of aromatic nitrogens is 2. The summed E-state index contributed by atoms with van der Waals surface area (Å²) in [6, 6.07) is 14.8. The molecule has 0 saturated heterocycles. The molecule has 1 N–H and O–H groups in total. The third-order valence-corrected chi connectivity index (χ3v) is 4.00. The Morgan fingerprint density at radius 1 is 1.04 bits per heavy atom. The molecule has 128 valence electrons. The van der Waals surface area contributed by atoms with Crippen LogP contribution in [0, 0.1) is 6.92 Å². The Kier molecular flexibility index (Phi) is 4.43. The molecule has 6 nitrogen and oxygen atoms in total. The van der Waals surface area contributed by atoms with Crippen LogP contribution in [-0.4, -0.2) is 35.1 Å². The molecule has 0 bridgehead atoms. The fourth-order valence-corrected chi connectivity index (χ4v) is 2.77. The lowest BCUT2D eigenvalue weighted by Crippen LogP contribution is -2.04. The first-order valence-corrected chi connectivity index (χ1v) is 7.67. The predicted molar refractivity (Wildman–Crippen MR) is 93.8 cm³/mol. The SMILES string of the molecule is COc1ccc(-c2c(C)c(C(=O)O)nn2-c2ccccc2OC)cc1. The van der Waals surface area contributed by atoms with Crippen LogP contribution in [0.5, 0.6) is 11.5 Å². The number of rotatable bonds is 5. The molecule has 0 spiro atoms. The molecule has 6 heteroatoms.